The van der Waals surface area contributed by atoms with Gasteiger partial charge in [0.2, 0.25) is 0 Å². The lowest BCUT2D eigenvalue weighted by Crippen LogP contribution is -2.35. The van der Waals surface area contributed by atoms with Gasteiger partial charge in [0.1, 0.15) is 5.75 Å². The van der Waals surface area contributed by atoms with Crippen molar-refractivity contribution in [2.24, 2.45) is 5.92 Å². The fourth-order valence-electron chi connectivity index (χ4n) is 3.31. The Morgan fingerprint density at radius 1 is 1.16 bits per heavy atom. The van der Waals surface area contributed by atoms with E-state index in [1.54, 1.807) is 31.4 Å². The van der Waals surface area contributed by atoms with Gasteiger partial charge in [-0.3, -0.25) is 9.10 Å². The van der Waals surface area contributed by atoms with Crippen molar-refractivity contribution in [3.8, 4) is 5.75 Å². The van der Waals surface area contributed by atoms with E-state index < -0.39 is 10.0 Å². The smallest absolute Gasteiger partial charge is 0.264 e. The minimum absolute atomic E-state index is 0.0261. The molecule has 0 heterocycles. The predicted octanol–water partition coefficient (Wildman–Crippen LogP) is 4.82. The third kappa shape index (κ3) is 5.33. The molecular formula is C23H29ClN2O4S. The maximum absolute atomic E-state index is 13.3. The van der Waals surface area contributed by atoms with Crippen LogP contribution in [0.1, 0.15) is 43.5 Å². The lowest BCUT2D eigenvalue weighted by molar-refractivity contribution is 0.0735. The van der Waals surface area contributed by atoms with Crippen LogP contribution in [0.3, 0.4) is 0 Å². The topological polar surface area (TPSA) is 66.9 Å². The minimum atomic E-state index is -3.88. The molecule has 0 aromatic heterocycles. The molecule has 0 saturated heterocycles. The summed E-state index contributed by atoms with van der Waals surface area (Å²) in [6.45, 7) is 4.87. The molecule has 0 radical (unpaired) electrons. The first kappa shape index (κ1) is 23.4. The van der Waals surface area contributed by atoms with Gasteiger partial charge in [-0.25, -0.2) is 8.42 Å². The van der Waals surface area contributed by atoms with E-state index in [-0.39, 0.29) is 27.4 Å². The molecule has 0 aliphatic heterocycles. The average Bonchev–Trinajstić information content (AvgIpc) is 3.58. The number of amides is 1. The van der Waals surface area contributed by atoms with Gasteiger partial charge in [-0.05, 0) is 67.6 Å². The number of rotatable bonds is 9. The van der Waals surface area contributed by atoms with Gasteiger partial charge < -0.3 is 9.64 Å². The number of carbonyl (C=O) groups excluding carboxylic acids is 1. The van der Waals surface area contributed by atoms with Crippen molar-refractivity contribution in [1.82, 2.24) is 4.90 Å². The molecule has 2 aromatic rings. The van der Waals surface area contributed by atoms with Crippen LogP contribution in [-0.2, 0) is 10.0 Å². The molecular weight excluding hydrogens is 436 g/mol. The molecule has 1 fully saturated rings. The summed E-state index contributed by atoms with van der Waals surface area (Å²) in [6, 6.07) is 11.2. The van der Waals surface area contributed by atoms with Gasteiger partial charge in [0.25, 0.3) is 15.9 Å². The van der Waals surface area contributed by atoms with E-state index in [2.05, 4.69) is 13.8 Å². The number of carbonyl (C=O) groups is 1. The Kier molecular flexibility index (Phi) is 7.17. The quantitative estimate of drug-likeness (QED) is 0.533. The number of sulfonamides is 1. The van der Waals surface area contributed by atoms with Crippen molar-refractivity contribution >= 4 is 33.2 Å². The molecule has 1 saturated carbocycles. The minimum Gasteiger partial charge on any atom is -0.497 e. The zero-order valence-electron chi connectivity index (χ0n) is 18.3. The lowest BCUT2D eigenvalue weighted by Gasteiger charge is -2.25. The highest BCUT2D eigenvalue weighted by Gasteiger charge is 2.34. The van der Waals surface area contributed by atoms with Crippen LogP contribution in [-0.4, -0.2) is 46.0 Å². The fraction of sp³-hybridized carbons (Fsp3) is 0.435. The summed E-state index contributed by atoms with van der Waals surface area (Å²) in [5, 5.41) is 0.256. The van der Waals surface area contributed by atoms with Crippen LogP contribution in [0.2, 0.25) is 5.02 Å². The van der Waals surface area contributed by atoms with Crippen molar-refractivity contribution in [3.63, 3.8) is 0 Å². The van der Waals surface area contributed by atoms with Crippen LogP contribution < -0.4 is 9.04 Å². The molecule has 8 heteroatoms. The summed E-state index contributed by atoms with van der Waals surface area (Å²) in [6.07, 6.45) is 2.83. The summed E-state index contributed by atoms with van der Waals surface area (Å²) >= 11 is 6.33. The number of ether oxygens (including phenoxy) is 1. The largest absolute Gasteiger partial charge is 0.497 e. The molecule has 1 amide bonds. The fourth-order valence-corrected chi connectivity index (χ4v) is 4.73. The third-order valence-electron chi connectivity index (χ3n) is 5.46. The molecule has 0 spiro atoms. The van der Waals surface area contributed by atoms with Crippen LogP contribution in [0.15, 0.2) is 47.4 Å². The van der Waals surface area contributed by atoms with Crippen molar-refractivity contribution in [2.45, 2.75) is 44.0 Å². The molecule has 0 bridgehead atoms. The van der Waals surface area contributed by atoms with Crippen LogP contribution in [0.5, 0.6) is 5.75 Å². The summed E-state index contributed by atoms with van der Waals surface area (Å²) in [5.74, 6) is 0.891. The van der Waals surface area contributed by atoms with E-state index >= 15 is 0 Å². The maximum Gasteiger partial charge on any atom is 0.264 e. The number of hydrogen-bond acceptors (Lipinski definition) is 4. The molecule has 168 valence electrons. The number of nitrogens with zero attached hydrogens (tertiary/aromatic N) is 2. The van der Waals surface area contributed by atoms with Crippen molar-refractivity contribution < 1.29 is 17.9 Å². The van der Waals surface area contributed by atoms with Crippen LogP contribution >= 0.6 is 11.6 Å². The van der Waals surface area contributed by atoms with Crippen LogP contribution in [0.4, 0.5) is 5.69 Å². The molecule has 0 unspecified atom stereocenters. The first-order valence-electron chi connectivity index (χ1n) is 10.4. The second kappa shape index (κ2) is 9.49. The standard InChI is InChI=1S/C23H29ClN2O4S/c1-16(2)13-14-26(18-5-6-18)23(27)21-15-20(11-12-22(21)24)31(28,29)25(3)17-7-9-19(30-4)10-8-17/h7-12,15-16,18H,5-6,13-14H2,1-4H3. The first-order valence-corrected chi connectivity index (χ1v) is 12.2. The van der Waals surface area contributed by atoms with Crippen molar-refractivity contribution in [2.75, 3.05) is 25.0 Å². The van der Waals surface area contributed by atoms with Gasteiger partial charge in [-0.15, -0.1) is 0 Å². The Labute approximate surface area is 189 Å². The van der Waals surface area contributed by atoms with Crippen molar-refractivity contribution in [3.05, 3.63) is 53.1 Å². The van der Waals surface area contributed by atoms with E-state index in [0.717, 1.165) is 19.3 Å². The van der Waals surface area contributed by atoms with E-state index in [1.165, 1.54) is 29.6 Å². The molecule has 0 N–H and O–H groups in total. The molecule has 31 heavy (non-hydrogen) atoms. The molecule has 1 aliphatic rings. The van der Waals surface area contributed by atoms with Crippen LogP contribution in [0.25, 0.3) is 0 Å². The normalized spacial score (nSPS) is 13.9. The van der Waals surface area contributed by atoms with E-state index in [1.807, 2.05) is 4.90 Å². The summed E-state index contributed by atoms with van der Waals surface area (Å²) < 4.78 is 32.8. The molecule has 3 rings (SSSR count). The molecule has 0 atom stereocenters. The second-order valence-electron chi connectivity index (χ2n) is 8.22. The van der Waals surface area contributed by atoms with E-state index in [4.69, 9.17) is 16.3 Å². The maximum atomic E-state index is 13.3. The molecule has 6 nitrogen and oxygen atoms in total. The van der Waals surface area contributed by atoms with Gasteiger partial charge in [-0.1, -0.05) is 25.4 Å². The third-order valence-corrected chi connectivity index (χ3v) is 7.57. The van der Waals surface area contributed by atoms with Gasteiger partial charge in [0.05, 0.1) is 28.3 Å². The van der Waals surface area contributed by atoms with E-state index in [0.29, 0.717) is 23.9 Å². The van der Waals surface area contributed by atoms with Gasteiger partial charge >= 0.3 is 0 Å². The Balaban J connectivity index is 1.90. The SMILES string of the molecule is COc1ccc(N(C)S(=O)(=O)c2ccc(Cl)c(C(=O)N(CCC(C)C)C3CC3)c2)cc1. The van der Waals surface area contributed by atoms with Gasteiger partial charge in [0, 0.05) is 19.6 Å². The number of hydrogen-bond donors (Lipinski definition) is 0. The Bertz CT molecular complexity index is 1030. The Morgan fingerprint density at radius 2 is 1.81 bits per heavy atom. The number of benzene rings is 2. The first-order chi connectivity index (χ1) is 14.6. The lowest BCUT2D eigenvalue weighted by atomic mass is 10.1. The zero-order valence-corrected chi connectivity index (χ0v) is 19.9. The number of halogens is 1. The molecule has 1 aliphatic carbocycles. The summed E-state index contributed by atoms with van der Waals surface area (Å²) in [4.78, 5) is 15.1. The Hall–Kier alpha value is -2.25. The van der Waals surface area contributed by atoms with Crippen LogP contribution in [0, 0.1) is 5.92 Å². The number of methoxy groups -OCH3 is 1. The highest BCUT2D eigenvalue weighted by Crippen LogP contribution is 2.32. The highest BCUT2D eigenvalue weighted by atomic mass is 35.5. The van der Waals surface area contributed by atoms with Crippen molar-refractivity contribution in [1.29, 1.82) is 0 Å². The average molecular weight is 465 g/mol. The predicted molar refractivity (Wildman–Crippen MR) is 124 cm³/mol. The number of anilines is 1. The molecule has 2 aromatic carbocycles. The van der Waals surface area contributed by atoms with E-state index in [9.17, 15) is 13.2 Å². The monoisotopic (exact) mass is 464 g/mol. The summed E-state index contributed by atoms with van der Waals surface area (Å²) in [5.41, 5.74) is 0.710. The highest BCUT2D eigenvalue weighted by molar-refractivity contribution is 7.92. The Morgan fingerprint density at radius 3 is 2.35 bits per heavy atom. The zero-order chi connectivity index (χ0) is 22.8. The summed E-state index contributed by atoms with van der Waals surface area (Å²) in [7, 11) is -0.849. The van der Waals surface area contributed by atoms with Gasteiger partial charge in [-0.2, -0.15) is 0 Å². The second-order valence-corrected chi connectivity index (χ2v) is 10.6. The van der Waals surface area contributed by atoms with Gasteiger partial charge in [0.15, 0.2) is 0 Å².